The number of benzene rings is 2. The summed E-state index contributed by atoms with van der Waals surface area (Å²) in [4.78, 5) is 62.4. The lowest BCUT2D eigenvalue weighted by atomic mass is 10.0. The average molecular weight is 463 g/mol. The minimum atomic E-state index is -0.854. The predicted octanol–water partition coefficient (Wildman–Crippen LogP) is 2.06. The normalized spacial score (nSPS) is 10.8. The van der Waals surface area contributed by atoms with Crippen LogP contribution in [0.5, 0.6) is 0 Å². The standard InChI is InChI=1S/C25H25N3O6/c1-15(2)13-28-22(26)20(23(31)27(3)25(28)33)19(29)14-34-24(32)18-11-9-17(10-12-18)21(30)16-7-5-4-6-8-16/h4-12,15H,13-14,26H2,1-3H3. The highest BCUT2D eigenvalue weighted by Gasteiger charge is 2.23. The monoisotopic (exact) mass is 463 g/mol. The Balaban J connectivity index is 1.75. The van der Waals surface area contributed by atoms with E-state index in [4.69, 9.17) is 10.5 Å². The summed E-state index contributed by atoms with van der Waals surface area (Å²) >= 11 is 0. The molecule has 0 aliphatic heterocycles. The summed E-state index contributed by atoms with van der Waals surface area (Å²) in [6, 6.07) is 14.5. The molecule has 0 fully saturated rings. The number of ether oxygens (including phenoxy) is 1. The van der Waals surface area contributed by atoms with Crippen molar-refractivity contribution in [2.45, 2.75) is 20.4 Å². The van der Waals surface area contributed by atoms with Crippen LogP contribution in [0.2, 0.25) is 0 Å². The highest BCUT2D eigenvalue weighted by Crippen LogP contribution is 2.13. The van der Waals surface area contributed by atoms with Gasteiger partial charge in [0, 0.05) is 24.7 Å². The molecule has 2 N–H and O–H groups in total. The first kappa shape index (κ1) is 24.4. The van der Waals surface area contributed by atoms with Gasteiger partial charge in [0.15, 0.2) is 12.4 Å². The first-order valence-electron chi connectivity index (χ1n) is 10.6. The topological polar surface area (TPSA) is 130 Å². The van der Waals surface area contributed by atoms with Gasteiger partial charge in [0.2, 0.25) is 5.78 Å². The van der Waals surface area contributed by atoms with Gasteiger partial charge in [-0.1, -0.05) is 56.3 Å². The molecule has 9 heteroatoms. The van der Waals surface area contributed by atoms with Crippen LogP contribution in [0.25, 0.3) is 0 Å². The van der Waals surface area contributed by atoms with Gasteiger partial charge in [0.05, 0.1) is 5.56 Å². The number of rotatable bonds is 8. The number of aromatic nitrogens is 2. The Morgan fingerprint density at radius 1 is 0.912 bits per heavy atom. The van der Waals surface area contributed by atoms with E-state index in [0.29, 0.717) is 11.1 Å². The zero-order valence-corrected chi connectivity index (χ0v) is 19.1. The zero-order valence-electron chi connectivity index (χ0n) is 19.1. The number of anilines is 1. The Morgan fingerprint density at radius 3 is 2.06 bits per heavy atom. The van der Waals surface area contributed by atoms with Crippen molar-refractivity contribution < 1.29 is 19.1 Å². The van der Waals surface area contributed by atoms with E-state index >= 15 is 0 Å². The van der Waals surface area contributed by atoms with Crippen LogP contribution in [0.3, 0.4) is 0 Å². The van der Waals surface area contributed by atoms with Crippen LogP contribution in [-0.4, -0.2) is 33.3 Å². The number of nitrogen functional groups attached to an aromatic ring is 1. The summed E-state index contributed by atoms with van der Waals surface area (Å²) in [7, 11) is 1.25. The number of carbonyl (C=O) groups is 3. The second-order valence-corrected chi connectivity index (χ2v) is 8.18. The molecule has 34 heavy (non-hydrogen) atoms. The van der Waals surface area contributed by atoms with Crippen molar-refractivity contribution in [3.8, 4) is 0 Å². The molecule has 0 spiro atoms. The van der Waals surface area contributed by atoms with Gasteiger partial charge in [0.25, 0.3) is 5.56 Å². The number of carbonyl (C=O) groups excluding carboxylic acids is 3. The summed E-state index contributed by atoms with van der Waals surface area (Å²) in [6.07, 6.45) is 0. The number of hydrogen-bond acceptors (Lipinski definition) is 7. The molecular formula is C25H25N3O6. The number of nitrogens with two attached hydrogens (primary N) is 1. The minimum absolute atomic E-state index is 0.0371. The van der Waals surface area contributed by atoms with E-state index in [1.807, 2.05) is 13.8 Å². The van der Waals surface area contributed by atoms with E-state index in [-0.39, 0.29) is 29.6 Å². The third kappa shape index (κ3) is 5.03. The molecule has 3 aromatic rings. The summed E-state index contributed by atoms with van der Waals surface area (Å²) in [6.45, 7) is 3.20. The number of esters is 1. The SMILES string of the molecule is CC(C)Cn1c(N)c(C(=O)COC(=O)c2ccc(C(=O)c3ccccc3)cc2)c(=O)n(C)c1=O. The molecule has 0 aliphatic rings. The van der Waals surface area contributed by atoms with E-state index in [0.717, 1.165) is 9.13 Å². The Bertz CT molecular complexity index is 1350. The van der Waals surface area contributed by atoms with Crippen LogP contribution in [0, 0.1) is 5.92 Å². The van der Waals surface area contributed by atoms with Crippen molar-refractivity contribution in [2.75, 3.05) is 12.3 Å². The lowest BCUT2D eigenvalue weighted by molar-refractivity contribution is 0.0474. The van der Waals surface area contributed by atoms with Gasteiger partial charge in [-0.3, -0.25) is 23.5 Å². The van der Waals surface area contributed by atoms with Gasteiger partial charge in [-0.2, -0.15) is 0 Å². The van der Waals surface area contributed by atoms with Crippen molar-refractivity contribution in [2.24, 2.45) is 13.0 Å². The first-order chi connectivity index (χ1) is 16.1. The third-order valence-corrected chi connectivity index (χ3v) is 5.16. The Kier molecular flexibility index (Phi) is 7.25. The lowest BCUT2D eigenvalue weighted by Gasteiger charge is -2.16. The Hall–Kier alpha value is -4.27. The lowest BCUT2D eigenvalue weighted by Crippen LogP contribution is -2.43. The molecule has 0 saturated heterocycles. The number of ketones is 2. The molecule has 0 radical (unpaired) electrons. The van der Waals surface area contributed by atoms with Gasteiger partial charge in [-0.15, -0.1) is 0 Å². The molecule has 0 atom stereocenters. The molecule has 0 saturated carbocycles. The summed E-state index contributed by atoms with van der Waals surface area (Å²) in [5, 5.41) is 0. The fourth-order valence-corrected chi connectivity index (χ4v) is 3.39. The van der Waals surface area contributed by atoms with Crippen molar-refractivity contribution in [1.82, 2.24) is 9.13 Å². The van der Waals surface area contributed by atoms with E-state index in [2.05, 4.69) is 0 Å². The van der Waals surface area contributed by atoms with Gasteiger partial charge in [-0.25, -0.2) is 9.59 Å². The van der Waals surface area contributed by atoms with Crippen molar-refractivity contribution in [3.05, 3.63) is 97.7 Å². The molecule has 176 valence electrons. The van der Waals surface area contributed by atoms with Gasteiger partial charge in [-0.05, 0) is 18.1 Å². The molecule has 0 aliphatic carbocycles. The second-order valence-electron chi connectivity index (χ2n) is 8.18. The second kappa shape index (κ2) is 10.1. The molecular weight excluding hydrogens is 438 g/mol. The van der Waals surface area contributed by atoms with E-state index < -0.39 is 35.2 Å². The maximum atomic E-state index is 12.7. The molecule has 0 amide bonds. The maximum Gasteiger partial charge on any atom is 0.338 e. The van der Waals surface area contributed by atoms with Crippen LogP contribution >= 0.6 is 0 Å². The first-order valence-corrected chi connectivity index (χ1v) is 10.6. The summed E-state index contributed by atoms with van der Waals surface area (Å²) in [5.41, 5.74) is 5.12. The molecule has 1 aromatic heterocycles. The fourth-order valence-electron chi connectivity index (χ4n) is 3.39. The third-order valence-electron chi connectivity index (χ3n) is 5.16. The molecule has 1 heterocycles. The molecule has 9 nitrogen and oxygen atoms in total. The summed E-state index contributed by atoms with van der Waals surface area (Å²) in [5.74, 6) is -2.04. The van der Waals surface area contributed by atoms with Gasteiger partial charge < -0.3 is 10.5 Å². The quantitative estimate of drug-likeness (QED) is 0.400. The molecule has 0 bridgehead atoms. The Labute approximate surface area is 195 Å². The average Bonchev–Trinajstić information content (AvgIpc) is 2.84. The van der Waals surface area contributed by atoms with Crippen molar-refractivity contribution in [1.29, 1.82) is 0 Å². The van der Waals surface area contributed by atoms with E-state index in [9.17, 15) is 24.0 Å². The van der Waals surface area contributed by atoms with E-state index in [1.54, 1.807) is 30.3 Å². The minimum Gasteiger partial charge on any atom is -0.454 e. The maximum absolute atomic E-state index is 12.7. The number of nitrogens with zero attached hydrogens (tertiary/aromatic N) is 2. The van der Waals surface area contributed by atoms with Crippen LogP contribution in [0.4, 0.5) is 5.82 Å². The Morgan fingerprint density at radius 2 is 1.47 bits per heavy atom. The molecule has 0 unspecified atom stereocenters. The van der Waals surface area contributed by atoms with Crippen molar-refractivity contribution in [3.63, 3.8) is 0 Å². The summed E-state index contributed by atoms with van der Waals surface area (Å²) < 4.78 is 7.02. The zero-order chi connectivity index (χ0) is 25.0. The predicted molar refractivity (Wildman–Crippen MR) is 126 cm³/mol. The van der Waals surface area contributed by atoms with Crippen LogP contribution in [0.15, 0.2) is 64.2 Å². The van der Waals surface area contributed by atoms with Crippen LogP contribution in [0.1, 0.15) is 50.5 Å². The van der Waals surface area contributed by atoms with Crippen molar-refractivity contribution >= 4 is 23.4 Å². The molecule has 3 rings (SSSR count). The smallest absolute Gasteiger partial charge is 0.338 e. The van der Waals surface area contributed by atoms with Gasteiger partial charge in [0.1, 0.15) is 11.4 Å². The fraction of sp³-hybridized carbons (Fsp3) is 0.240. The number of hydrogen-bond donors (Lipinski definition) is 1. The molecule has 2 aromatic carbocycles. The largest absolute Gasteiger partial charge is 0.454 e. The highest BCUT2D eigenvalue weighted by atomic mass is 16.5. The highest BCUT2D eigenvalue weighted by molar-refractivity contribution is 6.09. The van der Waals surface area contributed by atoms with E-state index in [1.165, 1.54) is 31.3 Å². The number of Topliss-reactive ketones (excluding diaryl/α,β-unsaturated/α-hetero) is 1. The van der Waals surface area contributed by atoms with Crippen LogP contribution < -0.4 is 17.0 Å². The van der Waals surface area contributed by atoms with Gasteiger partial charge >= 0.3 is 11.7 Å². The van der Waals surface area contributed by atoms with Crippen LogP contribution in [-0.2, 0) is 18.3 Å².